The van der Waals surface area contributed by atoms with Crippen LogP contribution in [0.15, 0.2) is 12.4 Å². The summed E-state index contributed by atoms with van der Waals surface area (Å²) < 4.78 is 2.35. The fourth-order valence-electron chi connectivity index (χ4n) is 3.41. The second-order valence-electron chi connectivity index (χ2n) is 6.28. The van der Waals surface area contributed by atoms with Crippen molar-refractivity contribution in [2.45, 2.75) is 77.8 Å². The van der Waals surface area contributed by atoms with Crippen molar-refractivity contribution in [1.82, 2.24) is 14.9 Å². The lowest BCUT2D eigenvalue weighted by molar-refractivity contribution is 0.375. The number of hydrogen-bond acceptors (Lipinski definition) is 2. The molecule has 1 aliphatic carbocycles. The van der Waals surface area contributed by atoms with Gasteiger partial charge in [-0.2, -0.15) is 0 Å². The van der Waals surface area contributed by atoms with Crippen molar-refractivity contribution in [2.24, 2.45) is 5.92 Å². The highest BCUT2D eigenvalue weighted by Crippen LogP contribution is 2.26. The molecule has 1 heterocycles. The van der Waals surface area contributed by atoms with Crippen molar-refractivity contribution < 1.29 is 0 Å². The van der Waals surface area contributed by atoms with Gasteiger partial charge in [0.25, 0.3) is 0 Å². The van der Waals surface area contributed by atoms with Crippen LogP contribution >= 0.6 is 0 Å². The molecule has 2 unspecified atom stereocenters. The Kier molecular flexibility index (Phi) is 6.58. The van der Waals surface area contributed by atoms with E-state index in [9.17, 15) is 0 Å². The molecule has 3 heteroatoms. The number of aryl methyl sites for hydroxylation is 1. The maximum absolute atomic E-state index is 4.59. The van der Waals surface area contributed by atoms with Gasteiger partial charge in [-0.15, -0.1) is 0 Å². The molecule has 1 saturated carbocycles. The van der Waals surface area contributed by atoms with Crippen LogP contribution in [0.3, 0.4) is 0 Å². The first-order chi connectivity index (χ1) is 9.83. The fourth-order valence-corrected chi connectivity index (χ4v) is 3.41. The molecule has 1 aliphatic rings. The van der Waals surface area contributed by atoms with Gasteiger partial charge in [0.15, 0.2) is 0 Å². The smallest absolute Gasteiger partial charge is 0.108 e. The molecule has 0 saturated heterocycles. The Morgan fingerprint density at radius 3 is 2.90 bits per heavy atom. The summed E-state index contributed by atoms with van der Waals surface area (Å²) >= 11 is 0. The van der Waals surface area contributed by atoms with Gasteiger partial charge in [0.05, 0.1) is 0 Å². The van der Waals surface area contributed by atoms with E-state index >= 15 is 0 Å². The fraction of sp³-hybridized carbons (Fsp3) is 0.824. The maximum Gasteiger partial charge on any atom is 0.108 e. The van der Waals surface area contributed by atoms with E-state index < -0.39 is 0 Å². The predicted molar refractivity (Wildman–Crippen MR) is 84.9 cm³/mol. The van der Waals surface area contributed by atoms with E-state index in [0.29, 0.717) is 0 Å². The molecular formula is C17H31N3. The first-order valence-corrected chi connectivity index (χ1v) is 8.56. The van der Waals surface area contributed by atoms with Gasteiger partial charge in [-0.1, -0.05) is 26.7 Å². The highest BCUT2D eigenvalue weighted by atomic mass is 15.1. The molecule has 0 radical (unpaired) electrons. The molecular weight excluding hydrogens is 246 g/mol. The third kappa shape index (κ3) is 4.62. The third-order valence-corrected chi connectivity index (χ3v) is 4.45. The molecule has 1 aromatic heterocycles. The van der Waals surface area contributed by atoms with Crippen LogP contribution in [0.4, 0.5) is 0 Å². The summed E-state index contributed by atoms with van der Waals surface area (Å²) in [5.74, 6) is 2.11. The minimum Gasteiger partial charge on any atom is -0.335 e. The van der Waals surface area contributed by atoms with Crippen LogP contribution in [0.25, 0.3) is 0 Å². The zero-order valence-corrected chi connectivity index (χ0v) is 13.3. The Hall–Kier alpha value is -0.830. The molecule has 0 spiro atoms. The van der Waals surface area contributed by atoms with Gasteiger partial charge in [-0.25, -0.2) is 4.98 Å². The van der Waals surface area contributed by atoms with Gasteiger partial charge in [-0.05, 0) is 44.6 Å². The molecule has 1 aromatic rings. The lowest BCUT2D eigenvalue weighted by atomic mass is 9.94. The Morgan fingerprint density at radius 1 is 1.25 bits per heavy atom. The Morgan fingerprint density at radius 2 is 2.10 bits per heavy atom. The highest BCUT2D eigenvalue weighted by Gasteiger charge is 2.21. The summed E-state index contributed by atoms with van der Waals surface area (Å²) in [6.07, 6.45) is 14.6. The second kappa shape index (κ2) is 8.46. The van der Waals surface area contributed by atoms with E-state index in [-0.39, 0.29) is 0 Å². The zero-order chi connectivity index (χ0) is 14.2. The summed E-state index contributed by atoms with van der Waals surface area (Å²) in [5.41, 5.74) is 0. The molecule has 2 atom stereocenters. The Balaban J connectivity index is 1.91. The van der Waals surface area contributed by atoms with Crippen LogP contribution in [0, 0.1) is 5.92 Å². The van der Waals surface area contributed by atoms with Gasteiger partial charge in [0.1, 0.15) is 5.82 Å². The van der Waals surface area contributed by atoms with E-state index in [1.807, 2.05) is 6.20 Å². The average molecular weight is 277 g/mol. The first-order valence-electron chi connectivity index (χ1n) is 8.56. The Labute approximate surface area is 124 Å². The normalized spacial score (nSPS) is 23.7. The summed E-state index contributed by atoms with van der Waals surface area (Å²) in [5, 5.41) is 3.73. The van der Waals surface area contributed by atoms with Crippen molar-refractivity contribution in [3.05, 3.63) is 18.2 Å². The summed E-state index contributed by atoms with van der Waals surface area (Å²) in [6, 6.07) is 0.733. The minimum atomic E-state index is 0.733. The van der Waals surface area contributed by atoms with Crippen LogP contribution in [0.5, 0.6) is 0 Å². The SMILES string of the molecule is CCCNC1CCCCC(Cc2nccn2CCC)C1. The third-order valence-electron chi connectivity index (χ3n) is 4.45. The van der Waals surface area contributed by atoms with Crippen molar-refractivity contribution in [3.63, 3.8) is 0 Å². The van der Waals surface area contributed by atoms with Crippen molar-refractivity contribution in [1.29, 1.82) is 0 Å². The first kappa shape index (κ1) is 15.6. The standard InChI is InChI=1S/C17H31N3/c1-3-9-18-16-8-6-5-7-15(13-16)14-17-19-10-12-20(17)11-4-2/h10,12,15-16,18H,3-9,11,13-14H2,1-2H3. The number of imidazole rings is 1. The van der Waals surface area contributed by atoms with E-state index in [1.165, 1.54) is 57.3 Å². The van der Waals surface area contributed by atoms with Gasteiger partial charge in [0, 0.05) is 31.4 Å². The molecule has 114 valence electrons. The van der Waals surface area contributed by atoms with E-state index in [0.717, 1.165) is 24.9 Å². The molecule has 20 heavy (non-hydrogen) atoms. The molecule has 1 N–H and O–H groups in total. The predicted octanol–water partition coefficient (Wildman–Crippen LogP) is 3.78. The summed E-state index contributed by atoms with van der Waals surface area (Å²) in [4.78, 5) is 4.59. The number of nitrogens with one attached hydrogen (secondary N) is 1. The summed E-state index contributed by atoms with van der Waals surface area (Å²) in [6.45, 7) is 6.77. The number of rotatable bonds is 7. The Bertz CT molecular complexity index is 372. The number of aromatic nitrogens is 2. The molecule has 0 aliphatic heterocycles. The van der Waals surface area contributed by atoms with Gasteiger partial charge in [0.2, 0.25) is 0 Å². The monoisotopic (exact) mass is 277 g/mol. The van der Waals surface area contributed by atoms with Gasteiger partial charge < -0.3 is 9.88 Å². The number of hydrogen-bond donors (Lipinski definition) is 1. The maximum atomic E-state index is 4.59. The van der Waals surface area contributed by atoms with Crippen LogP contribution in [-0.4, -0.2) is 22.1 Å². The average Bonchev–Trinajstić information content (AvgIpc) is 2.75. The van der Waals surface area contributed by atoms with Crippen LogP contribution in [0.2, 0.25) is 0 Å². The quantitative estimate of drug-likeness (QED) is 0.769. The zero-order valence-electron chi connectivity index (χ0n) is 13.3. The molecule has 0 bridgehead atoms. The molecule has 0 amide bonds. The van der Waals surface area contributed by atoms with Crippen LogP contribution in [0.1, 0.15) is 64.6 Å². The molecule has 2 rings (SSSR count). The van der Waals surface area contributed by atoms with Crippen molar-refractivity contribution >= 4 is 0 Å². The van der Waals surface area contributed by atoms with E-state index in [4.69, 9.17) is 0 Å². The van der Waals surface area contributed by atoms with Gasteiger partial charge >= 0.3 is 0 Å². The molecule has 1 fully saturated rings. The van der Waals surface area contributed by atoms with Crippen LogP contribution in [-0.2, 0) is 13.0 Å². The largest absolute Gasteiger partial charge is 0.335 e. The molecule has 0 aromatic carbocycles. The summed E-state index contributed by atoms with van der Waals surface area (Å²) in [7, 11) is 0. The lowest BCUT2D eigenvalue weighted by Crippen LogP contribution is -2.31. The van der Waals surface area contributed by atoms with E-state index in [1.54, 1.807) is 0 Å². The second-order valence-corrected chi connectivity index (χ2v) is 6.28. The highest BCUT2D eigenvalue weighted by molar-refractivity contribution is 4.95. The lowest BCUT2D eigenvalue weighted by Gasteiger charge is -2.21. The number of nitrogens with zero attached hydrogens (tertiary/aromatic N) is 2. The van der Waals surface area contributed by atoms with Gasteiger partial charge in [-0.3, -0.25) is 0 Å². The topological polar surface area (TPSA) is 29.9 Å². The van der Waals surface area contributed by atoms with Crippen molar-refractivity contribution in [2.75, 3.05) is 6.54 Å². The van der Waals surface area contributed by atoms with Crippen molar-refractivity contribution in [3.8, 4) is 0 Å². The van der Waals surface area contributed by atoms with Crippen LogP contribution < -0.4 is 5.32 Å². The van der Waals surface area contributed by atoms with E-state index in [2.05, 4.69) is 34.9 Å². The minimum absolute atomic E-state index is 0.733. The molecule has 3 nitrogen and oxygen atoms in total.